The number of hydrogen-bond donors (Lipinski definition) is 1. The van der Waals surface area contributed by atoms with Gasteiger partial charge in [0.25, 0.3) is 5.69 Å². The highest BCUT2D eigenvalue weighted by atomic mass is 32.2. The molecule has 0 radical (unpaired) electrons. The van der Waals surface area contributed by atoms with Crippen LogP contribution in [0.15, 0.2) is 23.1 Å². The minimum atomic E-state index is -4.10. The fraction of sp³-hybridized carbons (Fsp3) is 0.300. The molecule has 0 bridgehead atoms. The van der Waals surface area contributed by atoms with Gasteiger partial charge in [0, 0.05) is 6.07 Å². The molecule has 8 heteroatoms. The molecule has 2 rings (SSSR count). The van der Waals surface area contributed by atoms with Crippen molar-refractivity contribution in [3.8, 4) is 6.07 Å². The third kappa shape index (κ3) is 1.83. The van der Waals surface area contributed by atoms with Crippen LogP contribution in [0.4, 0.5) is 5.69 Å². The Hall–Kier alpha value is -1.98. The van der Waals surface area contributed by atoms with Gasteiger partial charge in [-0.25, -0.2) is 13.6 Å². The van der Waals surface area contributed by atoms with Gasteiger partial charge in [0.15, 0.2) is 0 Å². The predicted octanol–water partition coefficient (Wildman–Crippen LogP) is 0.797. The molecule has 0 unspecified atom stereocenters. The summed E-state index contributed by atoms with van der Waals surface area (Å²) in [6, 6.07) is 5.57. The van der Waals surface area contributed by atoms with E-state index in [2.05, 4.69) is 0 Å². The summed E-state index contributed by atoms with van der Waals surface area (Å²) < 4.78 is 22.9. The molecule has 0 atom stereocenters. The fourth-order valence-electron chi connectivity index (χ4n) is 1.93. The summed E-state index contributed by atoms with van der Waals surface area (Å²) in [5.41, 5.74) is -1.55. The van der Waals surface area contributed by atoms with Crippen LogP contribution in [0.25, 0.3) is 0 Å². The van der Waals surface area contributed by atoms with Crippen molar-refractivity contribution in [1.82, 2.24) is 0 Å². The molecule has 0 heterocycles. The molecule has 1 aromatic carbocycles. The number of nitriles is 1. The highest BCUT2D eigenvalue weighted by Crippen LogP contribution is 2.52. The molecule has 18 heavy (non-hydrogen) atoms. The highest BCUT2D eigenvalue weighted by Gasteiger charge is 2.51. The lowest BCUT2D eigenvalue weighted by Crippen LogP contribution is -2.19. The lowest BCUT2D eigenvalue weighted by Gasteiger charge is -2.11. The largest absolute Gasteiger partial charge is 0.275 e. The Bertz CT molecular complexity index is 671. The van der Waals surface area contributed by atoms with Gasteiger partial charge in [-0.1, -0.05) is 6.07 Å². The summed E-state index contributed by atoms with van der Waals surface area (Å²) in [6.45, 7) is 0. The number of nitro benzene ring substituents is 1. The molecular formula is C10H9N3O4S. The Morgan fingerprint density at radius 2 is 2.06 bits per heavy atom. The van der Waals surface area contributed by atoms with Crippen molar-refractivity contribution in [3.63, 3.8) is 0 Å². The van der Waals surface area contributed by atoms with Crippen molar-refractivity contribution in [1.29, 1.82) is 5.26 Å². The molecule has 1 aliphatic rings. The maximum atomic E-state index is 11.5. The summed E-state index contributed by atoms with van der Waals surface area (Å²) in [7, 11) is -4.10. The first-order valence-electron chi connectivity index (χ1n) is 5.04. The van der Waals surface area contributed by atoms with Gasteiger partial charge < -0.3 is 0 Å². The lowest BCUT2D eigenvalue weighted by molar-refractivity contribution is -0.386. The number of benzene rings is 1. The van der Waals surface area contributed by atoms with Gasteiger partial charge in [0.05, 0.1) is 26.9 Å². The van der Waals surface area contributed by atoms with Gasteiger partial charge in [0.2, 0.25) is 10.0 Å². The van der Waals surface area contributed by atoms with E-state index in [1.54, 1.807) is 0 Å². The molecule has 0 spiro atoms. The molecule has 2 N–H and O–H groups in total. The van der Waals surface area contributed by atoms with Crippen molar-refractivity contribution in [2.75, 3.05) is 0 Å². The van der Waals surface area contributed by atoms with E-state index in [1.165, 1.54) is 18.2 Å². The van der Waals surface area contributed by atoms with Gasteiger partial charge >= 0.3 is 0 Å². The number of primary sulfonamides is 1. The van der Waals surface area contributed by atoms with Crippen molar-refractivity contribution in [2.45, 2.75) is 23.2 Å². The van der Waals surface area contributed by atoms with Gasteiger partial charge in [-0.15, -0.1) is 0 Å². The van der Waals surface area contributed by atoms with Gasteiger partial charge in [-0.3, -0.25) is 10.1 Å². The van der Waals surface area contributed by atoms with Crippen LogP contribution in [0.2, 0.25) is 0 Å². The van der Waals surface area contributed by atoms with Crippen LogP contribution in [0.5, 0.6) is 0 Å². The minimum absolute atomic E-state index is 0.0833. The van der Waals surface area contributed by atoms with Crippen LogP contribution in [-0.4, -0.2) is 13.3 Å². The van der Waals surface area contributed by atoms with E-state index in [0.717, 1.165) is 0 Å². The molecular weight excluding hydrogens is 258 g/mol. The Morgan fingerprint density at radius 1 is 1.44 bits per heavy atom. The van der Waals surface area contributed by atoms with Crippen LogP contribution in [0.1, 0.15) is 18.4 Å². The topological polar surface area (TPSA) is 127 Å². The van der Waals surface area contributed by atoms with E-state index in [9.17, 15) is 18.5 Å². The predicted molar refractivity (Wildman–Crippen MR) is 61.0 cm³/mol. The molecule has 1 aromatic rings. The second kappa shape index (κ2) is 3.76. The number of rotatable bonds is 3. The van der Waals surface area contributed by atoms with Gasteiger partial charge in [0.1, 0.15) is 0 Å². The van der Waals surface area contributed by atoms with Crippen molar-refractivity contribution in [3.05, 3.63) is 33.9 Å². The number of sulfonamides is 1. The summed E-state index contributed by atoms with van der Waals surface area (Å²) in [6.07, 6.45) is 0.799. The Labute approximate surface area is 103 Å². The van der Waals surface area contributed by atoms with Crippen molar-refractivity contribution < 1.29 is 13.3 Å². The van der Waals surface area contributed by atoms with Crippen LogP contribution in [-0.2, 0) is 15.4 Å². The molecule has 94 valence electrons. The zero-order valence-corrected chi connectivity index (χ0v) is 9.98. The molecule has 7 nitrogen and oxygen atoms in total. The Morgan fingerprint density at radius 3 is 2.44 bits per heavy atom. The number of hydrogen-bond acceptors (Lipinski definition) is 5. The van der Waals surface area contributed by atoms with E-state index >= 15 is 0 Å². The Kier molecular flexibility index (Phi) is 2.61. The average molecular weight is 267 g/mol. The zero-order valence-electron chi connectivity index (χ0n) is 9.16. The Balaban J connectivity index is 2.82. The molecule has 0 aliphatic heterocycles. The van der Waals surface area contributed by atoms with Gasteiger partial charge in [-0.05, 0) is 18.9 Å². The summed E-state index contributed by atoms with van der Waals surface area (Å²) in [5, 5.41) is 25.1. The SMILES string of the molecule is N#CC1(c2c([N+](=O)[O-])cccc2S(N)(=O)=O)CC1. The first-order valence-corrected chi connectivity index (χ1v) is 6.58. The normalized spacial score (nSPS) is 16.9. The maximum absolute atomic E-state index is 11.5. The summed E-state index contributed by atoms with van der Waals surface area (Å²) in [5.74, 6) is 0. The third-order valence-electron chi connectivity index (χ3n) is 2.95. The summed E-state index contributed by atoms with van der Waals surface area (Å²) >= 11 is 0. The van der Waals surface area contributed by atoms with Crippen LogP contribution >= 0.6 is 0 Å². The average Bonchev–Trinajstić information content (AvgIpc) is 3.07. The second-order valence-electron chi connectivity index (χ2n) is 4.15. The van der Waals surface area contributed by atoms with Crippen molar-refractivity contribution in [2.24, 2.45) is 5.14 Å². The van der Waals surface area contributed by atoms with Crippen LogP contribution in [0, 0.1) is 21.4 Å². The molecule has 1 fully saturated rings. The molecule has 0 amide bonds. The maximum Gasteiger partial charge on any atom is 0.275 e. The molecule has 0 saturated heterocycles. The van der Waals surface area contributed by atoms with E-state index in [-0.39, 0.29) is 16.1 Å². The number of nitrogens with two attached hydrogens (primary N) is 1. The van der Waals surface area contributed by atoms with E-state index < -0.39 is 20.4 Å². The highest BCUT2D eigenvalue weighted by molar-refractivity contribution is 7.89. The van der Waals surface area contributed by atoms with Gasteiger partial charge in [-0.2, -0.15) is 5.26 Å². The number of nitro groups is 1. The minimum Gasteiger partial charge on any atom is -0.258 e. The van der Waals surface area contributed by atoms with E-state index in [1.807, 2.05) is 6.07 Å². The fourth-order valence-corrected chi connectivity index (χ4v) is 2.79. The first kappa shape index (κ1) is 12.5. The zero-order chi connectivity index (χ0) is 13.6. The third-order valence-corrected chi connectivity index (χ3v) is 3.90. The van der Waals surface area contributed by atoms with Crippen LogP contribution < -0.4 is 5.14 Å². The standard InChI is InChI=1S/C10H9N3O4S/c11-6-10(4-5-10)9-7(13(14)15)2-1-3-8(9)18(12,16)17/h1-3H,4-5H2,(H2,12,16,17). The van der Waals surface area contributed by atoms with Crippen molar-refractivity contribution >= 4 is 15.7 Å². The van der Waals surface area contributed by atoms with Crippen LogP contribution in [0.3, 0.4) is 0 Å². The quantitative estimate of drug-likeness (QED) is 0.639. The molecule has 1 saturated carbocycles. The second-order valence-corrected chi connectivity index (χ2v) is 5.68. The number of nitrogens with zero attached hydrogens (tertiary/aromatic N) is 2. The smallest absolute Gasteiger partial charge is 0.258 e. The monoisotopic (exact) mass is 267 g/mol. The summed E-state index contributed by atoms with van der Waals surface area (Å²) in [4.78, 5) is 9.92. The molecule has 0 aromatic heterocycles. The van der Waals surface area contributed by atoms with E-state index in [4.69, 9.17) is 10.4 Å². The molecule has 1 aliphatic carbocycles. The first-order chi connectivity index (χ1) is 8.32. The van der Waals surface area contributed by atoms with E-state index in [0.29, 0.717) is 12.8 Å². The lowest BCUT2D eigenvalue weighted by atomic mass is 9.96.